The van der Waals surface area contributed by atoms with E-state index in [9.17, 15) is 13.2 Å². The van der Waals surface area contributed by atoms with E-state index in [1.807, 2.05) is 19.1 Å². The Kier molecular flexibility index (Phi) is 3.37. The highest BCUT2D eigenvalue weighted by Gasteiger charge is 2.39. The van der Waals surface area contributed by atoms with Crippen molar-refractivity contribution in [1.29, 1.82) is 0 Å². The van der Waals surface area contributed by atoms with Gasteiger partial charge >= 0.3 is 6.03 Å². The minimum Gasteiger partial charge on any atom is -0.332 e. The molecule has 1 aromatic heterocycles. The molecular weight excluding hydrogens is 272 g/mol. The molecule has 7 heteroatoms. The molecule has 0 unspecified atom stereocenters. The highest BCUT2D eigenvalue weighted by atomic mass is 32.2. The molecule has 1 aliphatic rings. The molecule has 1 fully saturated rings. The highest BCUT2D eigenvalue weighted by molar-refractivity contribution is 7.91. The first-order valence-corrected chi connectivity index (χ1v) is 8.28. The van der Waals surface area contributed by atoms with Crippen LogP contribution in [0.5, 0.6) is 0 Å². The first-order chi connectivity index (χ1) is 8.28. The molecule has 100 valence electrons. The molecule has 1 aliphatic heterocycles. The monoisotopic (exact) mass is 288 g/mol. The minimum absolute atomic E-state index is 0.0108. The van der Waals surface area contributed by atoms with Crippen LogP contribution in [0.4, 0.5) is 9.80 Å². The van der Waals surface area contributed by atoms with Gasteiger partial charge in [0, 0.05) is 4.88 Å². The zero-order valence-electron chi connectivity index (χ0n) is 10.3. The summed E-state index contributed by atoms with van der Waals surface area (Å²) >= 11 is 1.48. The van der Waals surface area contributed by atoms with Crippen LogP contribution < -0.4 is 10.6 Å². The second-order valence-electron chi connectivity index (χ2n) is 4.89. The van der Waals surface area contributed by atoms with E-state index in [1.54, 1.807) is 6.92 Å². The first-order valence-electron chi connectivity index (χ1n) is 5.64. The second kappa shape index (κ2) is 4.55. The molecule has 1 aromatic rings. The molecule has 0 aliphatic carbocycles. The third-order valence-corrected chi connectivity index (χ3v) is 5.71. The summed E-state index contributed by atoms with van der Waals surface area (Å²) in [7, 11) is -3.01. The van der Waals surface area contributed by atoms with Crippen LogP contribution in [0, 0.1) is 6.92 Å². The average Bonchev–Trinajstić information content (AvgIpc) is 2.70. The molecule has 0 spiro atoms. The molecule has 0 radical (unpaired) electrons. The van der Waals surface area contributed by atoms with Gasteiger partial charge in [-0.1, -0.05) is 0 Å². The van der Waals surface area contributed by atoms with Gasteiger partial charge in [-0.05, 0) is 32.4 Å². The van der Waals surface area contributed by atoms with Gasteiger partial charge in [-0.2, -0.15) is 0 Å². The summed E-state index contributed by atoms with van der Waals surface area (Å²) in [6.45, 7) is 3.72. The van der Waals surface area contributed by atoms with Gasteiger partial charge in [0.2, 0.25) is 0 Å². The van der Waals surface area contributed by atoms with Gasteiger partial charge in [-0.15, -0.1) is 11.3 Å². The number of carbonyl (C=O) groups is 1. The number of rotatable bonds is 2. The summed E-state index contributed by atoms with van der Waals surface area (Å²) in [5.74, 6) is 0.152. The number of hydrogen-bond acceptors (Lipinski definition) is 4. The van der Waals surface area contributed by atoms with Crippen molar-refractivity contribution in [2.45, 2.75) is 25.8 Å². The van der Waals surface area contributed by atoms with E-state index in [4.69, 9.17) is 0 Å². The van der Waals surface area contributed by atoms with Crippen LogP contribution in [0.15, 0.2) is 12.1 Å². The van der Waals surface area contributed by atoms with Crippen LogP contribution in [0.3, 0.4) is 0 Å². The van der Waals surface area contributed by atoms with E-state index in [0.717, 1.165) is 9.88 Å². The lowest BCUT2D eigenvalue weighted by molar-refractivity contribution is 0.242. The van der Waals surface area contributed by atoms with Crippen molar-refractivity contribution in [2.24, 2.45) is 0 Å². The van der Waals surface area contributed by atoms with Crippen LogP contribution in [-0.4, -0.2) is 31.5 Å². The number of amides is 2. The quantitative estimate of drug-likeness (QED) is 0.870. The maximum atomic E-state index is 11.8. The van der Waals surface area contributed by atoms with Crippen molar-refractivity contribution in [3.05, 3.63) is 17.0 Å². The van der Waals surface area contributed by atoms with Crippen molar-refractivity contribution in [3.8, 4) is 0 Å². The fourth-order valence-corrected chi connectivity index (χ4v) is 4.88. The van der Waals surface area contributed by atoms with Crippen molar-refractivity contribution in [3.63, 3.8) is 0 Å². The molecule has 2 N–H and O–H groups in total. The summed E-state index contributed by atoms with van der Waals surface area (Å²) < 4.78 is 22.8. The van der Waals surface area contributed by atoms with Gasteiger partial charge in [-0.25, -0.2) is 13.2 Å². The van der Waals surface area contributed by atoms with Crippen LogP contribution in [-0.2, 0) is 9.84 Å². The number of anilines is 1. The Hall–Kier alpha value is -1.08. The maximum absolute atomic E-state index is 11.8. The number of aryl methyl sites for hydroxylation is 1. The van der Waals surface area contributed by atoms with E-state index in [2.05, 4.69) is 10.6 Å². The molecule has 0 aromatic carbocycles. The number of thiophene rings is 1. The number of sulfone groups is 1. The molecule has 18 heavy (non-hydrogen) atoms. The van der Waals surface area contributed by atoms with E-state index < -0.39 is 15.4 Å². The molecule has 1 atom stereocenters. The van der Waals surface area contributed by atoms with Crippen LogP contribution in [0.25, 0.3) is 0 Å². The molecule has 0 saturated carbocycles. The summed E-state index contributed by atoms with van der Waals surface area (Å²) in [5, 5.41) is 6.22. The third-order valence-electron chi connectivity index (χ3n) is 2.90. The Bertz CT molecular complexity index is 565. The standard InChI is InChI=1S/C11H16N2O3S2/c1-8-3-4-9(17-8)12-10(14)13-11(2)5-6-18(15,16)7-11/h3-4H,5-7H2,1-2H3,(H2,12,13,14)/t11-/m1/s1. The topological polar surface area (TPSA) is 75.3 Å². The fraction of sp³-hybridized carbons (Fsp3) is 0.545. The average molecular weight is 288 g/mol. The van der Waals surface area contributed by atoms with E-state index >= 15 is 0 Å². The van der Waals surface area contributed by atoms with Crippen LogP contribution >= 0.6 is 11.3 Å². The summed E-state index contributed by atoms with van der Waals surface area (Å²) in [4.78, 5) is 12.9. The van der Waals surface area contributed by atoms with Gasteiger partial charge in [0.1, 0.15) is 0 Å². The predicted molar refractivity (Wildman–Crippen MR) is 72.9 cm³/mol. The fourth-order valence-electron chi connectivity index (χ4n) is 2.03. The third kappa shape index (κ3) is 3.23. The largest absolute Gasteiger partial charge is 0.332 e. The Balaban J connectivity index is 1.96. The molecule has 2 heterocycles. The van der Waals surface area contributed by atoms with Crippen LogP contribution in [0.2, 0.25) is 0 Å². The predicted octanol–water partition coefficient (Wildman–Crippen LogP) is 1.76. The van der Waals surface area contributed by atoms with Gasteiger partial charge in [0.25, 0.3) is 0 Å². The summed E-state index contributed by atoms with van der Waals surface area (Å²) in [6, 6.07) is 3.39. The van der Waals surface area contributed by atoms with Crippen molar-refractivity contribution >= 4 is 32.2 Å². The van der Waals surface area contributed by atoms with Crippen LogP contribution in [0.1, 0.15) is 18.2 Å². The van der Waals surface area contributed by atoms with Gasteiger partial charge < -0.3 is 5.32 Å². The summed E-state index contributed by atoms with van der Waals surface area (Å²) in [5.41, 5.74) is -0.658. The minimum atomic E-state index is -3.01. The highest BCUT2D eigenvalue weighted by Crippen LogP contribution is 2.24. The normalized spacial score (nSPS) is 25.9. The summed E-state index contributed by atoms with van der Waals surface area (Å²) in [6.07, 6.45) is 0.465. The Labute approximate surface area is 111 Å². The van der Waals surface area contributed by atoms with Gasteiger partial charge in [0.15, 0.2) is 9.84 Å². The molecule has 0 bridgehead atoms. The zero-order valence-corrected chi connectivity index (χ0v) is 12.0. The lowest BCUT2D eigenvalue weighted by Crippen LogP contribution is -2.48. The number of nitrogens with one attached hydrogen (secondary N) is 2. The van der Waals surface area contributed by atoms with Crippen molar-refractivity contribution in [2.75, 3.05) is 16.8 Å². The van der Waals surface area contributed by atoms with Gasteiger partial charge in [-0.3, -0.25) is 5.32 Å². The number of hydrogen-bond donors (Lipinski definition) is 2. The van der Waals surface area contributed by atoms with Gasteiger partial charge in [0.05, 0.1) is 22.0 Å². The molecule has 2 rings (SSSR count). The first kappa shape index (κ1) is 13.4. The molecular formula is C11H16N2O3S2. The smallest absolute Gasteiger partial charge is 0.320 e. The van der Waals surface area contributed by atoms with Crippen molar-refractivity contribution < 1.29 is 13.2 Å². The Morgan fingerprint density at radius 2 is 2.17 bits per heavy atom. The molecule has 5 nitrogen and oxygen atoms in total. The van der Waals surface area contributed by atoms with E-state index in [1.165, 1.54) is 11.3 Å². The Morgan fingerprint density at radius 3 is 2.67 bits per heavy atom. The van der Waals surface area contributed by atoms with E-state index in [0.29, 0.717) is 6.42 Å². The maximum Gasteiger partial charge on any atom is 0.320 e. The zero-order chi connectivity index (χ0) is 13.4. The number of carbonyl (C=O) groups excluding carboxylic acids is 1. The Morgan fingerprint density at radius 1 is 1.44 bits per heavy atom. The number of urea groups is 1. The lowest BCUT2D eigenvalue weighted by atomic mass is 10.0. The SMILES string of the molecule is Cc1ccc(NC(=O)N[C@]2(C)CCS(=O)(=O)C2)s1. The second-order valence-corrected chi connectivity index (χ2v) is 8.36. The van der Waals surface area contributed by atoms with Crippen molar-refractivity contribution in [1.82, 2.24) is 5.32 Å². The van der Waals surface area contributed by atoms with E-state index in [-0.39, 0.29) is 17.5 Å². The molecule has 1 saturated heterocycles. The molecule has 2 amide bonds. The lowest BCUT2D eigenvalue weighted by Gasteiger charge is -2.23.